The van der Waals surface area contributed by atoms with Gasteiger partial charge in [-0.2, -0.15) is 0 Å². The average molecular weight is 307 g/mol. The summed E-state index contributed by atoms with van der Waals surface area (Å²) in [6.45, 7) is 16.0. The molecule has 0 heterocycles. The van der Waals surface area contributed by atoms with Gasteiger partial charge < -0.3 is 9.84 Å². The summed E-state index contributed by atoms with van der Waals surface area (Å²) in [6, 6.07) is 7.12. The molecular weight excluding hydrogens is 274 g/mol. The summed E-state index contributed by atoms with van der Waals surface area (Å²) in [4.78, 5) is 2.29. The Labute approximate surface area is 136 Å². The number of benzene rings is 1. The third-order valence-electron chi connectivity index (χ3n) is 3.97. The molecule has 22 heavy (non-hydrogen) atoms. The van der Waals surface area contributed by atoms with Crippen molar-refractivity contribution in [3.8, 4) is 5.75 Å². The average Bonchev–Trinajstić information content (AvgIpc) is 2.41. The molecule has 3 nitrogen and oxygen atoms in total. The largest absolute Gasteiger partial charge is 0.491 e. The summed E-state index contributed by atoms with van der Waals surface area (Å²) in [7, 11) is 0. The van der Waals surface area contributed by atoms with E-state index in [-0.39, 0.29) is 0 Å². The van der Waals surface area contributed by atoms with E-state index in [9.17, 15) is 5.11 Å². The van der Waals surface area contributed by atoms with Gasteiger partial charge in [-0.3, -0.25) is 4.90 Å². The van der Waals surface area contributed by atoms with E-state index in [4.69, 9.17) is 4.74 Å². The molecule has 0 bridgehead atoms. The molecule has 0 aliphatic rings. The van der Waals surface area contributed by atoms with Crippen molar-refractivity contribution in [1.29, 1.82) is 0 Å². The summed E-state index contributed by atoms with van der Waals surface area (Å²) >= 11 is 0. The second-order valence-electron chi connectivity index (χ2n) is 7.05. The highest BCUT2D eigenvalue weighted by atomic mass is 16.5. The topological polar surface area (TPSA) is 32.7 Å². The Morgan fingerprint density at radius 1 is 1.05 bits per heavy atom. The lowest BCUT2D eigenvalue weighted by Gasteiger charge is -2.32. The van der Waals surface area contributed by atoms with Crippen molar-refractivity contribution in [3.05, 3.63) is 29.3 Å². The van der Waals surface area contributed by atoms with E-state index in [1.54, 1.807) is 0 Å². The second kappa shape index (κ2) is 8.54. The number of rotatable bonds is 8. The van der Waals surface area contributed by atoms with E-state index in [1.807, 2.05) is 0 Å². The molecule has 0 amide bonds. The maximum Gasteiger partial charge on any atom is 0.123 e. The summed E-state index contributed by atoms with van der Waals surface area (Å²) < 4.78 is 5.92. The minimum Gasteiger partial charge on any atom is -0.491 e. The zero-order chi connectivity index (χ0) is 16.9. The Bertz CT molecular complexity index is 447. The van der Waals surface area contributed by atoms with E-state index in [2.05, 4.69) is 71.6 Å². The fourth-order valence-corrected chi connectivity index (χ4v) is 2.74. The third-order valence-corrected chi connectivity index (χ3v) is 3.97. The van der Waals surface area contributed by atoms with Crippen LogP contribution in [0.5, 0.6) is 5.75 Å². The molecule has 0 aromatic heterocycles. The van der Waals surface area contributed by atoms with Gasteiger partial charge in [0.15, 0.2) is 0 Å². The number of hydrogen-bond donors (Lipinski definition) is 1. The van der Waals surface area contributed by atoms with E-state index in [0.29, 0.717) is 31.2 Å². The molecule has 1 atom stereocenters. The maximum atomic E-state index is 10.3. The van der Waals surface area contributed by atoms with Gasteiger partial charge >= 0.3 is 0 Å². The van der Waals surface area contributed by atoms with Gasteiger partial charge in [0.05, 0.1) is 0 Å². The smallest absolute Gasteiger partial charge is 0.123 e. The molecule has 3 heteroatoms. The number of ether oxygens (including phenoxy) is 1. The fourth-order valence-electron chi connectivity index (χ4n) is 2.74. The fraction of sp³-hybridized carbons (Fsp3) is 0.684. The Hall–Kier alpha value is -1.06. The van der Waals surface area contributed by atoms with Crippen molar-refractivity contribution in [1.82, 2.24) is 4.90 Å². The van der Waals surface area contributed by atoms with Crippen molar-refractivity contribution < 1.29 is 9.84 Å². The van der Waals surface area contributed by atoms with Crippen LogP contribution in [0.15, 0.2) is 18.2 Å². The predicted molar refractivity (Wildman–Crippen MR) is 93.7 cm³/mol. The minimum absolute atomic E-state index is 0.332. The van der Waals surface area contributed by atoms with Gasteiger partial charge in [0.1, 0.15) is 18.5 Å². The van der Waals surface area contributed by atoms with Crippen LogP contribution in [0.2, 0.25) is 0 Å². The van der Waals surface area contributed by atoms with Crippen LogP contribution < -0.4 is 4.74 Å². The number of aryl methyl sites for hydroxylation is 1. The summed E-state index contributed by atoms with van der Waals surface area (Å²) in [5.41, 5.74) is 2.38. The zero-order valence-electron chi connectivity index (χ0n) is 15.3. The van der Waals surface area contributed by atoms with Crippen LogP contribution in [-0.4, -0.2) is 41.3 Å². The van der Waals surface area contributed by atoms with Crippen LogP contribution >= 0.6 is 0 Å². The van der Waals surface area contributed by atoms with Crippen molar-refractivity contribution in [2.45, 2.75) is 72.6 Å². The Morgan fingerprint density at radius 2 is 1.64 bits per heavy atom. The van der Waals surface area contributed by atoms with E-state index >= 15 is 0 Å². The molecule has 1 aromatic carbocycles. The lowest BCUT2D eigenvalue weighted by atomic mass is 10.0. The Morgan fingerprint density at radius 3 is 2.14 bits per heavy atom. The normalized spacial score (nSPS) is 13.5. The Kier molecular flexibility index (Phi) is 7.37. The highest BCUT2D eigenvalue weighted by Crippen LogP contribution is 2.27. The summed E-state index contributed by atoms with van der Waals surface area (Å²) in [5, 5.41) is 10.3. The van der Waals surface area contributed by atoms with Gasteiger partial charge in [-0.05, 0) is 57.7 Å². The number of aliphatic hydroxyl groups is 1. The van der Waals surface area contributed by atoms with Crippen molar-refractivity contribution in [2.24, 2.45) is 0 Å². The minimum atomic E-state index is -0.481. The molecular formula is C19H33NO2. The molecule has 1 N–H and O–H groups in total. The highest BCUT2D eigenvalue weighted by molar-refractivity contribution is 5.39. The molecule has 1 aromatic rings. The van der Waals surface area contributed by atoms with Gasteiger partial charge in [-0.1, -0.05) is 26.0 Å². The number of aliphatic hydroxyl groups excluding tert-OH is 1. The molecule has 0 saturated carbocycles. The van der Waals surface area contributed by atoms with Crippen LogP contribution in [-0.2, 0) is 0 Å². The van der Waals surface area contributed by atoms with E-state index < -0.39 is 6.10 Å². The molecule has 1 rings (SSSR count). The van der Waals surface area contributed by atoms with Gasteiger partial charge in [-0.15, -0.1) is 0 Å². The lowest BCUT2D eigenvalue weighted by molar-refractivity contribution is 0.0442. The van der Waals surface area contributed by atoms with Crippen LogP contribution in [0, 0.1) is 6.92 Å². The van der Waals surface area contributed by atoms with Gasteiger partial charge in [0.2, 0.25) is 0 Å². The maximum absolute atomic E-state index is 10.3. The zero-order valence-corrected chi connectivity index (χ0v) is 15.3. The van der Waals surface area contributed by atoms with Gasteiger partial charge in [-0.25, -0.2) is 0 Å². The van der Waals surface area contributed by atoms with E-state index in [0.717, 1.165) is 5.75 Å². The van der Waals surface area contributed by atoms with Crippen molar-refractivity contribution in [3.63, 3.8) is 0 Å². The molecule has 0 aliphatic carbocycles. The van der Waals surface area contributed by atoms with Gasteiger partial charge in [0, 0.05) is 18.6 Å². The first-order valence-electron chi connectivity index (χ1n) is 8.39. The Balaban J connectivity index is 2.67. The van der Waals surface area contributed by atoms with Crippen LogP contribution in [0.4, 0.5) is 0 Å². The first-order valence-corrected chi connectivity index (χ1v) is 8.39. The lowest BCUT2D eigenvalue weighted by Crippen LogP contribution is -2.43. The number of nitrogens with zero attached hydrogens (tertiary/aromatic N) is 1. The molecule has 0 aliphatic heterocycles. The van der Waals surface area contributed by atoms with Crippen LogP contribution in [0.1, 0.15) is 58.6 Å². The monoisotopic (exact) mass is 307 g/mol. The summed E-state index contributed by atoms with van der Waals surface area (Å²) in [5.74, 6) is 1.31. The highest BCUT2D eigenvalue weighted by Gasteiger charge is 2.18. The molecule has 0 unspecified atom stereocenters. The first kappa shape index (κ1) is 19.0. The number of hydrogen-bond acceptors (Lipinski definition) is 3. The second-order valence-corrected chi connectivity index (χ2v) is 7.05. The van der Waals surface area contributed by atoms with Gasteiger partial charge in [0.25, 0.3) is 0 Å². The SMILES string of the molecule is Cc1ccc(C(C)C)c(OC[C@H](O)CN(C(C)C)C(C)C)c1. The molecule has 0 spiro atoms. The molecule has 0 fully saturated rings. The predicted octanol–water partition coefficient (Wildman–Crippen LogP) is 3.98. The van der Waals surface area contributed by atoms with Crippen molar-refractivity contribution >= 4 is 0 Å². The van der Waals surface area contributed by atoms with Crippen LogP contribution in [0.3, 0.4) is 0 Å². The molecule has 126 valence electrons. The van der Waals surface area contributed by atoms with E-state index in [1.165, 1.54) is 11.1 Å². The first-order chi connectivity index (χ1) is 10.2. The quantitative estimate of drug-likeness (QED) is 0.788. The molecule has 0 saturated heterocycles. The molecule has 0 radical (unpaired) electrons. The standard InChI is InChI=1S/C19H33NO2/c1-13(2)18-9-8-16(7)10-19(18)22-12-17(21)11-20(14(3)4)15(5)6/h8-10,13-15,17,21H,11-12H2,1-7H3/t17-/m1/s1. The third kappa shape index (κ3) is 5.62. The van der Waals surface area contributed by atoms with Crippen molar-refractivity contribution in [2.75, 3.05) is 13.2 Å². The van der Waals surface area contributed by atoms with Crippen LogP contribution in [0.25, 0.3) is 0 Å². The summed E-state index contributed by atoms with van der Waals surface area (Å²) in [6.07, 6.45) is -0.481.